The van der Waals surface area contributed by atoms with Gasteiger partial charge in [0.15, 0.2) is 0 Å². The van der Waals surface area contributed by atoms with Gasteiger partial charge in [-0.25, -0.2) is 0 Å². The van der Waals surface area contributed by atoms with Crippen LogP contribution in [0.5, 0.6) is 0 Å². The van der Waals surface area contributed by atoms with Gasteiger partial charge in [-0.15, -0.1) is 0 Å². The Bertz CT molecular complexity index is 497. The molecular weight excluding hydrogens is 264 g/mol. The molecule has 0 radical (unpaired) electrons. The number of benzene rings is 1. The quantitative estimate of drug-likeness (QED) is 0.923. The lowest BCUT2D eigenvalue weighted by atomic mass is 9.87. The Morgan fingerprint density at radius 3 is 3.10 bits per heavy atom. The lowest BCUT2D eigenvalue weighted by Gasteiger charge is -2.34. The topological polar surface area (TPSA) is 41.6 Å². The van der Waals surface area contributed by atoms with Gasteiger partial charge >= 0.3 is 0 Å². The van der Waals surface area contributed by atoms with E-state index in [0.29, 0.717) is 13.0 Å². The molecular formula is C17H24N2O2. The molecule has 2 aliphatic rings. The molecule has 2 atom stereocenters. The molecule has 4 nitrogen and oxygen atoms in total. The van der Waals surface area contributed by atoms with E-state index in [0.717, 1.165) is 32.4 Å². The average molecular weight is 288 g/mol. The van der Waals surface area contributed by atoms with Crippen molar-refractivity contribution in [3.8, 4) is 0 Å². The van der Waals surface area contributed by atoms with Gasteiger partial charge in [0, 0.05) is 20.1 Å². The summed E-state index contributed by atoms with van der Waals surface area (Å²) in [6, 6.07) is 8.74. The minimum Gasteiger partial charge on any atom is -0.375 e. The van der Waals surface area contributed by atoms with Crippen LogP contribution in [0.3, 0.4) is 0 Å². The molecule has 1 aliphatic carbocycles. The Morgan fingerprint density at radius 2 is 2.29 bits per heavy atom. The third kappa shape index (κ3) is 3.27. The fourth-order valence-electron chi connectivity index (χ4n) is 3.39. The molecule has 1 aliphatic heterocycles. The van der Waals surface area contributed by atoms with Gasteiger partial charge in [0.05, 0.1) is 25.2 Å². The fourth-order valence-corrected chi connectivity index (χ4v) is 3.39. The largest absolute Gasteiger partial charge is 0.375 e. The van der Waals surface area contributed by atoms with Crippen LogP contribution in [0.2, 0.25) is 0 Å². The Kier molecular flexibility index (Phi) is 4.56. The van der Waals surface area contributed by atoms with Gasteiger partial charge in [-0.1, -0.05) is 24.3 Å². The summed E-state index contributed by atoms with van der Waals surface area (Å²) >= 11 is 0. The molecule has 1 heterocycles. The summed E-state index contributed by atoms with van der Waals surface area (Å²) in [5, 5.41) is 3.28. The summed E-state index contributed by atoms with van der Waals surface area (Å²) < 4.78 is 5.65. The van der Waals surface area contributed by atoms with E-state index in [1.807, 2.05) is 11.9 Å². The highest BCUT2D eigenvalue weighted by Gasteiger charge is 2.28. The summed E-state index contributed by atoms with van der Waals surface area (Å²) in [7, 11) is 1.94. The molecule has 21 heavy (non-hydrogen) atoms. The maximum Gasteiger partial charge on any atom is 0.225 e. The second-order valence-electron chi connectivity index (χ2n) is 6.01. The van der Waals surface area contributed by atoms with E-state index >= 15 is 0 Å². The number of ether oxygens (including phenoxy) is 1. The van der Waals surface area contributed by atoms with Crippen LogP contribution in [0, 0.1) is 0 Å². The van der Waals surface area contributed by atoms with Gasteiger partial charge in [0.1, 0.15) is 0 Å². The zero-order valence-electron chi connectivity index (χ0n) is 12.7. The van der Waals surface area contributed by atoms with Crippen molar-refractivity contribution < 1.29 is 9.53 Å². The van der Waals surface area contributed by atoms with E-state index in [1.54, 1.807) is 0 Å². The van der Waals surface area contributed by atoms with Crippen LogP contribution in [0.1, 0.15) is 36.4 Å². The molecule has 0 bridgehead atoms. The molecule has 1 fully saturated rings. The van der Waals surface area contributed by atoms with Crippen molar-refractivity contribution in [3.05, 3.63) is 35.4 Å². The van der Waals surface area contributed by atoms with Gasteiger partial charge in [-0.2, -0.15) is 0 Å². The lowest BCUT2D eigenvalue weighted by Crippen LogP contribution is -2.42. The number of amides is 1. The van der Waals surface area contributed by atoms with Crippen molar-refractivity contribution in [3.63, 3.8) is 0 Å². The zero-order chi connectivity index (χ0) is 14.7. The molecule has 1 saturated heterocycles. The predicted octanol–water partition coefficient (Wildman–Crippen LogP) is 1.90. The molecule has 4 heteroatoms. The monoisotopic (exact) mass is 288 g/mol. The van der Waals surface area contributed by atoms with Gasteiger partial charge in [-0.3, -0.25) is 4.79 Å². The second kappa shape index (κ2) is 6.58. The number of rotatable bonds is 3. The molecule has 114 valence electrons. The first kappa shape index (κ1) is 14.5. The number of hydrogen-bond donors (Lipinski definition) is 1. The lowest BCUT2D eigenvalue weighted by molar-refractivity contribution is -0.136. The molecule has 0 spiro atoms. The van der Waals surface area contributed by atoms with Crippen LogP contribution in [0.4, 0.5) is 0 Å². The van der Waals surface area contributed by atoms with Crippen molar-refractivity contribution in [2.45, 2.75) is 37.8 Å². The van der Waals surface area contributed by atoms with Crippen molar-refractivity contribution in [1.82, 2.24) is 10.2 Å². The van der Waals surface area contributed by atoms with Crippen LogP contribution in [-0.2, 0) is 16.0 Å². The van der Waals surface area contributed by atoms with Gasteiger partial charge in [0.25, 0.3) is 0 Å². The van der Waals surface area contributed by atoms with E-state index in [9.17, 15) is 4.79 Å². The number of nitrogens with one attached hydrogen (secondary N) is 1. The van der Waals surface area contributed by atoms with Gasteiger partial charge in [-0.05, 0) is 30.4 Å². The second-order valence-corrected chi connectivity index (χ2v) is 6.01. The number of carbonyl (C=O) groups is 1. The van der Waals surface area contributed by atoms with E-state index in [4.69, 9.17) is 4.74 Å². The van der Waals surface area contributed by atoms with E-state index in [1.165, 1.54) is 11.1 Å². The van der Waals surface area contributed by atoms with Gasteiger partial charge < -0.3 is 15.0 Å². The minimum atomic E-state index is 0.0209. The summed E-state index contributed by atoms with van der Waals surface area (Å²) in [6.07, 6.45) is 3.84. The van der Waals surface area contributed by atoms with Crippen LogP contribution >= 0.6 is 0 Å². The predicted molar refractivity (Wildman–Crippen MR) is 82.1 cm³/mol. The zero-order valence-corrected chi connectivity index (χ0v) is 12.7. The van der Waals surface area contributed by atoms with Crippen LogP contribution < -0.4 is 5.32 Å². The number of fused-ring (bicyclic) bond motifs is 1. The highest BCUT2D eigenvalue weighted by Crippen LogP contribution is 2.33. The first-order valence-corrected chi connectivity index (χ1v) is 7.91. The normalized spacial score (nSPS) is 25.2. The Balaban J connectivity index is 1.67. The molecule has 3 rings (SSSR count). The number of nitrogens with zero attached hydrogens (tertiary/aromatic N) is 1. The highest BCUT2D eigenvalue weighted by atomic mass is 16.5. The third-order valence-electron chi connectivity index (χ3n) is 4.61. The molecule has 1 aromatic rings. The smallest absolute Gasteiger partial charge is 0.225 e. The highest BCUT2D eigenvalue weighted by molar-refractivity contribution is 5.77. The van der Waals surface area contributed by atoms with Crippen molar-refractivity contribution in [1.29, 1.82) is 0 Å². The summed E-state index contributed by atoms with van der Waals surface area (Å²) in [5.41, 5.74) is 2.71. The molecule has 0 saturated carbocycles. The van der Waals surface area contributed by atoms with E-state index < -0.39 is 0 Å². The fraction of sp³-hybridized carbons (Fsp3) is 0.588. The Hall–Kier alpha value is -1.39. The first-order valence-electron chi connectivity index (χ1n) is 7.91. The standard InChI is InChI=1S/C17H24N2O2/c1-19(17(20)11-14-12-18-9-10-21-14)16-8-4-6-13-5-2-3-7-15(13)16/h2-3,5,7,14,16,18H,4,6,8-12H2,1H3. The van der Waals surface area contributed by atoms with Crippen LogP contribution in [-0.4, -0.2) is 43.7 Å². The SMILES string of the molecule is CN(C(=O)CC1CNCCO1)C1CCCc2ccccc21. The summed E-state index contributed by atoms with van der Waals surface area (Å²) in [5.74, 6) is 0.186. The van der Waals surface area contributed by atoms with Crippen molar-refractivity contribution in [2.24, 2.45) is 0 Å². The molecule has 2 unspecified atom stereocenters. The number of carbonyl (C=O) groups excluding carboxylic acids is 1. The Labute approximate surface area is 126 Å². The van der Waals surface area contributed by atoms with Crippen molar-refractivity contribution in [2.75, 3.05) is 26.7 Å². The van der Waals surface area contributed by atoms with E-state index in [-0.39, 0.29) is 18.1 Å². The molecule has 1 amide bonds. The maximum absolute atomic E-state index is 12.5. The molecule has 0 aromatic heterocycles. The molecule has 1 N–H and O–H groups in total. The number of hydrogen-bond acceptors (Lipinski definition) is 3. The summed E-state index contributed by atoms with van der Waals surface area (Å²) in [4.78, 5) is 14.5. The average Bonchev–Trinajstić information content (AvgIpc) is 2.54. The molecule has 1 aromatic carbocycles. The summed E-state index contributed by atoms with van der Waals surface area (Å²) in [6.45, 7) is 2.37. The number of morpholine rings is 1. The first-order chi connectivity index (χ1) is 10.3. The minimum absolute atomic E-state index is 0.0209. The van der Waals surface area contributed by atoms with Crippen molar-refractivity contribution >= 4 is 5.91 Å². The number of aryl methyl sites for hydroxylation is 1. The third-order valence-corrected chi connectivity index (χ3v) is 4.61. The van der Waals surface area contributed by atoms with Gasteiger partial charge in [0.2, 0.25) is 5.91 Å². The van der Waals surface area contributed by atoms with Crippen LogP contribution in [0.15, 0.2) is 24.3 Å². The van der Waals surface area contributed by atoms with E-state index in [2.05, 4.69) is 29.6 Å². The maximum atomic E-state index is 12.5. The van der Waals surface area contributed by atoms with Crippen LogP contribution in [0.25, 0.3) is 0 Å². The Morgan fingerprint density at radius 1 is 1.43 bits per heavy atom.